The van der Waals surface area contributed by atoms with Gasteiger partial charge in [-0.25, -0.2) is 0 Å². The van der Waals surface area contributed by atoms with E-state index in [-0.39, 0.29) is 0 Å². The molecule has 1 aromatic heterocycles. The Labute approximate surface area is 105 Å². The number of hydrogen-bond acceptors (Lipinski definition) is 3. The van der Waals surface area contributed by atoms with Gasteiger partial charge in [0.05, 0.1) is 12.8 Å². The van der Waals surface area contributed by atoms with E-state index in [0.29, 0.717) is 5.25 Å². The van der Waals surface area contributed by atoms with Crippen LogP contribution in [0.25, 0.3) is 0 Å². The predicted octanol–water partition coefficient (Wildman–Crippen LogP) is 3.09. The smallest absolute Gasteiger partial charge is 0.117 e. The summed E-state index contributed by atoms with van der Waals surface area (Å²) in [6, 6.07) is 12.6. The molecule has 2 aromatic rings. The second kappa shape index (κ2) is 4.98. The maximum Gasteiger partial charge on any atom is 0.117 e. The molecule has 0 radical (unpaired) electrons. The third kappa shape index (κ3) is 2.56. The lowest BCUT2D eigenvalue weighted by Gasteiger charge is -2.08. The van der Waals surface area contributed by atoms with Crippen molar-refractivity contribution in [3.8, 4) is 0 Å². The van der Waals surface area contributed by atoms with Gasteiger partial charge in [0.15, 0.2) is 0 Å². The van der Waals surface area contributed by atoms with Crippen LogP contribution in [0.1, 0.15) is 11.3 Å². The highest BCUT2D eigenvalue weighted by Crippen LogP contribution is 2.36. The van der Waals surface area contributed by atoms with Crippen LogP contribution in [-0.2, 0) is 13.0 Å². The van der Waals surface area contributed by atoms with E-state index in [1.54, 1.807) is 6.26 Å². The van der Waals surface area contributed by atoms with E-state index >= 15 is 0 Å². The molecule has 0 aliphatic carbocycles. The van der Waals surface area contributed by atoms with Gasteiger partial charge >= 0.3 is 0 Å². The van der Waals surface area contributed by atoms with Crippen LogP contribution in [0, 0.1) is 0 Å². The molecule has 1 N–H and O–H groups in total. The normalized spacial score (nSPS) is 18.2. The number of nitrogens with one attached hydrogen (secondary N) is 1. The Morgan fingerprint density at radius 1 is 1.24 bits per heavy atom. The Balaban J connectivity index is 1.49. The molecular formula is C14H15NOS. The number of thioether (sulfide) groups is 1. The molecule has 3 rings (SSSR count). The Morgan fingerprint density at radius 2 is 2.18 bits per heavy atom. The van der Waals surface area contributed by atoms with Crippen molar-refractivity contribution in [2.45, 2.75) is 23.1 Å². The van der Waals surface area contributed by atoms with Crippen LogP contribution in [0.15, 0.2) is 52.0 Å². The van der Waals surface area contributed by atoms with Gasteiger partial charge in [0.2, 0.25) is 0 Å². The van der Waals surface area contributed by atoms with Crippen molar-refractivity contribution < 1.29 is 4.42 Å². The van der Waals surface area contributed by atoms with E-state index in [4.69, 9.17) is 4.42 Å². The average molecular weight is 245 g/mol. The zero-order valence-corrected chi connectivity index (χ0v) is 10.4. The Morgan fingerprint density at radius 3 is 3.00 bits per heavy atom. The molecule has 3 heteroatoms. The maximum atomic E-state index is 5.29. The van der Waals surface area contributed by atoms with Crippen molar-refractivity contribution >= 4 is 11.8 Å². The highest BCUT2D eigenvalue weighted by Gasteiger charge is 2.20. The van der Waals surface area contributed by atoms with Gasteiger partial charge < -0.3 is 9.73 Å². The first-order valence-electron chi connectivity index (χ1n) is 5.89. The van der Waals surface area contributed by atoms with Gasteiger partial charge in [-0.3, -0.25) is 0 Å². The highest BCUT2D eigenvalue weighted by atomic mass is 32.2. The van der Waals surface area contributed by atoms with Crippen molar-refractivity contribution in [3.63, 3.8) is 0 Å². The van der Waals surface area contributed by atoms with Gasteiger partial charge in [0.1, 0.15) is 5.76 Å². The number of fused-ring (bicyclic) bond motifs is 1. The predicted molar refractivity (Wildman–Crippen MR) is 70.2 cm³/mol. The third-order valence-corrected chi connectivity index (χ3v) is 4.28. The van der Waals surface area contributed by atoms with E-state index in [1.807, 2.05) is 23.9 Å². The molecule has 0 fully saturated rings. The summed E-state index contributed by atoms with van der Waals surface area (Å²) in [4.78, 5) is 1.44. The van der Waals surface area contributed by atoms with Crippen LogP contribution in [-0.4, -0.2) is 11.8 Å². The zero-order chi connectivity index (χ0) is 11.5. The van der Waals surface area contributed by atoms with Crippen LogP contribution >= 0.6 is 11.8 Å². The quantitative estimate of drug-likeness (QED) is 0.896. The fraction of sp³-hybridized carbons (Fsp3) is 0.286. The summed E-state index contributed by atoms with van der Waals surface area (Å²) in [5.74, 6) is 1.01. The SMILES string of the molecule is c1coc(CNCC2Cc3ccccc3S2)c1. The van der Waals surface area contributed by atoms with Gasteiger partial charge in [0.25, 0.3) is 0 Å². The first-order chi connectivity index (χ1) is 8.42. The first-order valence-corrected chi connectivity index (χ1v) is 6.77. The number of benzene rings is 1. The van der Waals surface area contributed by atoms with Crippen LogP contribution in [0.3, 0.4) is 0 Å². The lowest BCUT2D eigenvalue weighted by molar-refractivity contribution is 0.483. The van der Waals surface area contributed by atoms with Gasteiger partial charge in [-0.2, -0.15) is 0 Å². The van der Waals surface area contributed by atoms with Crippen molar-refractivity contribution in [1.29, 1.82) is 0 Å². The second-order valence-corrected chi connectivity index (χ2v) is 5.60. The van der Waals surface area contributed by atoms with Gasteiger partial charge in [0, 0.05) is 16.7 Å². The van der Waals surface area contributed by atoms with Crippen molar-refractivity contribution in [2.75, 3.05) is 6.54 Å². The van der Waals surface area contributed by atoms with Crippen LogP contribution < -0.4 is 5.32 Å². The molecule has 17 heavy (non-hydrogen) atoms. The lowest BCUT2D eigenvalue weighted by atomic mass is 10.1. The molecule has 1 aliphatic heterocycles. The van der Waals surface area contributed by atoms with Crippen molar-refractivity contribution in [1.82, 2.24) is 5.32 Å². The first kappa shape index (κ1) is 10.9. The highest BCUT2D eigenvalue weighted by molar-refractivity contribution is 8.00. The second-order valence-electron chi connectivity index (χ2n) is 4.26. The molecule has 0 amide bonds. The molecule has 1 aliphatic rings. The van der Waals surface area contributed by atoms with Gasteiger partial charge in [-0.15, -0.1) is 11.8 Å². The molecule has 2 heterocycles. The molecule has 0 spiro atoms. The molecule has 0 bridgehead atoms. The summed E-state index contributed by atoms with van der Waals surface area (Å²) >= 11 is 1.98. The molecule has 1 unspecified atom stereocenters. The minimum atomic E-state index is 0.655. The van der Waals surface area contributed by atoms with Crippen LogP contribution in [0.4, 0.5) is 0 Å². The molecule has 88 valence electrons. The third-order valence-electron chi connectivity index (χ3n) is 2.97. The van der Waals surface area contributed by atoms with E-state index in [2.05, 4.69) is 29.6 Å². The molecule has 0 saturated carbocycles. The molecule has 0 saturated heterocycles. The standard InChI is InChI=1S/C14H15NOS/c1-2-6-14-11(4-1)8-13(17-14)10-15-9-12-5-3-7-16-12/h1-7,13,15H,8-10H2. The van der Waals surface area contributed by atoms with Crippen molar-refractivity contribution in [3.05, 3.63) is 54.0 Å². The Bertz CT molecular complexity index is 456. The number of hydrogen-bond donors (Lipinski definition) is 1. The van der Waals surface area contributed by atoms with Crippen LogP contribution in [0.2, 0.25) is 0 Å². The Kier molecular flexibility index (Phi) is 3.20. The molecule has 2 nitrogen and oxygen atoms in total. The van der Waals surface area contributed by atoms with E-state index in [0.717, 1.165) is 18.8 Å². The largest absolute Gasteiger partial charge is 0.468 e. The maximum absolute atomic E-state index is 5.29. The minimum absolute atomic E-state index is 0.655. The topological polar surface area (TPSA) is 25.2 Å². The molecule has 1 aromatic carbocycles. The van der Waals surface area contributed by atoms with E-state index in [1.165, 1.54) is 16.9 Å². The van der Waals surface area contributed by atoms with Gasteiger partial charge in [-0.05, 0) is 30.2 Å². The van der Waals surface area contributed by atoms with Crippen molar-refractivity contribution in [2.24, 2.45) is 0 Å². The number of rotatable bonds is 4. The summed E-state index contributed by atoms with van der Waals surface area (Å²) < 4.78 is 5.29. The number of furan rings is 1. The monoisotopic (exact) mass is 245 g/mol. The zero-order valence-electron chi connectivity index (χ0n) is 9.56. The van der Waals surface area contributed by atoms with E-state index in [9.17, 15) is 0 Å². The summed E-state index contributed by atoms with van der Waals surface area (Å²) in [5.41, 5.74) is 1.49. The summed E-state index contributed by atoms with van der Waals surface area (Å²) in [6.45, 7) is 1.85. The summed E-state index contributed by atoms with van der Waals surface area (Å²) in [7, 11) is 0. The van der Waals surface area contributed by atoms with Gasteiger partial charge in [-0.1, -0.05) is 18.2 Å². The fourth-order valence-electron chi connectivity index (χ4n) is 2.14. The fourth-order valence-corrected chi connectivity index (χ4v) is 3.42. The summed E-state index contributed by atoms with van der Waals surface area (Å²) in [6.07, 6.45) is 2.89. The Hall–Kier alpha value is -1.19. The lowest BCUT2D eigenvalue weighted by Crippen LogP contribution is -2.23. The van der Waals surface area contributed by atoms with Crippen LogP contribution in [0.5, 0.6) is 0 Å². The molecule has 1 atom stereocenters. The molecular weight excluding hydrogens is 230 g/mol. The summed E-state index contributed by atoms with van der Waals surface area (Å²) in [5, 5.41) is 4.10. The minimum Gasteiger partial charge on any atom is -0.468 e. The average Bonchev–Trinajstić information content (AvgIpc) is 2.96. The van der Waals surface area contributed by atoms with E-state index < -0.39 is 0 Å².